The fourth-order valence-electron chi connectivity index (χ4n) is 4.07. The van der Waals surface area contributed by atoms with Crippen molar-refractivity contribution in [3.05, 3.63) is 47.2 Å². The van der Waals surface area contributed by atoms with E-state index in [2.05, 4.69) is 52.0 Å². The van der Waals surface area contributed by atoms with Gasteiger partial charge in [0, 0.05) is 0 Å². The van der Waals surface area contributed by atoms with Gasteiger partial charge in [0.2, 0.25) is 0 Å². The average molecular weight is 384 g/mol. The van der Waals surface area contributed by atoms with E-state index >= 15 is 0 Å². The summed E-state index contributed by atoms with van der Waals surface area (Å²) in [6.45, 7) is 14.4. The van der Waals surface area contributed by atoms with Crippen LogP contribution in [-0.2, 0) is 10.0 Å². The number of hydrogen-bond acceptors (Lipinski definition) is 2. The zero-order valence-corrected chi connectivity index (χ0v) is 18.0. The van der Waals surface area contributed by atoms with E-state index in [1.807, 2.05) is 6.92 Å². The Hall–Kier alpha value is -1.36. The molecule has 0 fully saturated rings. The minimum absolute atomic E-state index is 0.176. The Morgan fingerprint density at radius 1 is 1.04 bits per heavy atom. The van der Waals surface area contributed by atoms with Crippen LogP contribution in [0.25, 0.3) is 0 Å². The first-order valence-electron chi connectivity index (χ1n) is 8.65. The first kappa shape index (κ1) is 21.7. The molecule has 1 N–H and O–H groups in total. The van der Waals surface area contributed by atoms with Gasteiger partial charge in [-0.1, -0.05) is 65.0 Å². The summed E-state index contributed by atoms with van der Waals surface area (Å²) in [7, 11) is -6.17. The fourth-order valence-corrected chi connectivity index (χ4v) is 12.2. The molecule has 0 unspecified atom stereocenters. The van der Waals surface area contributed by atoms with Crippen LogP contribution in [0.4, 0.5) is 4.39 Å². The molecule has 3 nitrogen and oxygen atoms in total. The highest BCUT2D eigenvalue weighted by Gasteiger charge is 2.47. The first-order chi connectivity index (χ1) is 11.5. The molecule has 1 rings (SSSR count). The Bertz CT molecular complexity index is 724. The van der Waals surface area contributed by atoms with Gasteiger partial charge in [-0.05, 0) is 35.7 Å². The van der Waals surface area contributed by atoms with E-state index in [9.17, 15) is 12.8 Å². The molecule has 25 heavy (non-hydrogen) atoms. The topological polar surface area (TPSA) is 46.2 Å². The molecule has 0 saturated heterocycles. The second-order valence-corrected chi connectivity index (χ2v) is 15.0. The Morgan fingerprint density at radius 2 is 1.48 bits per heavy atom. The van der Waals surface area contributed by atoms with Gasteiger partial charge in [-0.15, -0.1) is 0 Å². The largest absolute Gasteiger partial charge is 0.280 e. The maximum Gasteiger partial charge on any atom is 0.261 e. The maximum absolute atomic E-state index is 13.1. The SMILES string of the molecule is Cc1ccc(S(=O)(=O)NC(=C=CF)[Si](C(C)C)(C(C)C)C(C)C)cc1. The molecule has 0 heterocycles. The summed E-state index contributed by atoms with van der Waals surface area (Å²) in [6, 6.07) is 6.64. The van der Waals surface area contributed by atoms with Gasteiger partial charge in [-0.2, -0.15) is 0 Å². The molecular weight excluding hydrogens is 353 g/mol. The van der Waals surface area contributed by atoms with E-state index in [1.165, 1.54) is 0 Å². The summed E-state index contributed by atoms with van der Waals surface area (Å²) in [5, 5.41) is 0.413. The number of nitrogens with one attached hydrogen (secondary N) is 1. The lowest BCUT2D eigenvalue weighted by Gasteiger charge is -2.43. The van der Waals surface area contributed by atoms with E-state index < -0.39 is 18.1 Å². The van der Waals surface area contributed by atoms with Gasteiger partial charge < -0.3 is 0 Å². The normalized spacial score (nSPS) is 12.4. The van der Waals surface area contributed by atoms with Gasteiger partial charge >= 0.3 is 0 Å². The molecule has 0 aliphatic heterocycles. The number of benzene rings is 1. The molecule has 0 aliphatic carbocycles. The van der Waals surface area contributed by atoms with Crippen LogP contribution in [0, 0.1) is 6.92 Å². The Labute approximate surface area is 153 Å². The molecule has 0 radical (unpaired) electrons. The maximum atomic E-state index is 13.1. The van der Waals surface area contributed by atoms with Crippen LogP contribution in [0.1, 0.15) is 47.1 Å². The summed E-state index contributed by atoms with van der Waals surface area (Å²) < 4.78 is 41.5. The zero-order valence-electron chi connectivity index (χ0n) is 16.2. The van der Waals surface area contributed by atoms with Gasteiger partial charge in [0.1, 0.15) is 14.4 Å². The van der Waals surface area contributed by atoms with Gasteiger partial charge in [-0.3, -0.25) is 4.72 Å². The third kappa shape index (κ3) is 4.43. The summed E-state index contributed by atoms with van der Waals surface area (Å²) in [6.07, 6.45) is 0.321. The highest BCUT2D eigenvalue weighted by atomic mass is 32.2. The van der Waals surface area contributed by atoms with Gasteiger partial charge in [-0.25, -0.2) is 12.8 Å². The van der Waals surface area contributed by atoms with Crippen molar-refractivity contribution in [1.29, 1.82) is 0 Å². The standard InChI is InChI=1S/C19H30FNO2SSi/c1-14(2)25(15(3)4,16(5)6)19(12-13-20)21-24(22,23)18-10-8-17(7)9-11-18/h8-11,13-16,21H,1-7H3. The molecule has 0 spiro atoms. The van der Waals surface area contributed by atoms with Crippen LogP contribution in [0.15, 0.2) is 46.5 Å². The zero-order chi connectivity index (χ0) is 19.4. The van der Waals surface area contributed by atoms with Crippen molar-refractivity contribution in [2.24, 2.45) is 0 Å². The van der Waals surface area contributed by atoms with Crippen molar-refractivity contribution in [2.45, 2.75) is 70.0 Å². The molecular formula is C19H30FNO2SSi. The Kier molecular flexibility index (Phi) is 7.24. The second kappa shape index (κ2) is 8.34. The monoisotopic (exact) mass is 383 g/mol. The smallest absolute Gasteiger partial charge is 0.261 e. The molecule has 1 aromatic carbocycles. The molecule has 1 aromatic rings. The third-order valence-electron chi connectivity index (χ3n) is 5.07. The van der Waals surface area contributed by atoms with Crippen LogP contribution >= 0.6 is 0 Å². The van der Waals surface area contributed by atoms with E-state index in [0.29, 0.717) is 11.7 Å². The van der Waals surface area contributed by atoms with Crippen LogP contribution < -0.4 is 4.72 Å². The lowest BCUT2D eigenvalue weighted by atomic mass is 10.2. The average Bonchev–Trinajstić information content (AvgIpc) is 2.46. The van der Waals surface area contributed by atoms with Crippen molar-refractivity contribution in [3.8, 4) is 0 Å². The van der Waals surface area contributed by atoms with Gasteiger partial charge in [0.05, 0.1) is 10.2 Å². The molecule has 0 amide bonds. The summed E-state index contributed by atoms with van der Waals surface area (Å²) >= 11 is 0. The lowest BCUT2D eigenvalue weighted by Crippen LogP contribution is -2.51. The quantitative estimate of drug-likeness (QED) is 0.502. The number of halogens is 1. The van der Waals surface area contributed by atoms with Crippen LogP contribution in [0.5, 0.6) is 0 Å². The number of aryl methyl sites for hydroxylation is 1. The molecule has 0 aromatic heterocycles. The molecule has 0 aliphatic rings. The number of hydrogen-bond donors (Lipinski definition) is 1. The van der Waals surface area contributed by atoms with E-state index in [1.54, 1.807) is 24.3 Å². The molecule has 0 saturated carbocycles. The van der Waals surface area contributed by atoms with Gasteiger partial charge in [0.15, 0.2) is 0 Å². The van der Waals surface area contributed by atoms with Crippen molar-refractivity contribution in [1.82, 2.24) is 4.72 Å². The summed E-state index contributed by atoms with van der Waals surface area (Å²) in [5.41, 5.74) is 4.28. The van der Waals surface area contributed by atoms with Crippen molar-refractivity contribution >= 4 is 18.1 Å². The highest BCUT2D eigenvalue weighted by Crippen LogP contribution is 2.45. The molecule has 6 heteroatoms. The third-order valence-corrected chi connectivity index (χ3v) is 13.5. The molecule has 0 bridgehead atoms. The number of rotatable bonds is 7. The van der Waals surface area contributed by atoms with E-state index in [0.717, 1.165) is 5.56 Å². The predicted octanol–water partition coefficient (Wildman–Crippen LogP) is 5.46. The van der Waals surface area contributed by atoms with Gasteiger partial charge in [0.25, 0.3) is 10.0 Å². The minimum Gasteiger partial charge on any atom is -0.280 e. The van der Waals surface area contributed by atoms with Crippen LogP contribution in [0.2, 0.25) is 16.6 Å². The second-order valence-electron chi connectivity index (χ2n) is 7.44. The van der Waals surface area contributed by atoms with Crippen molar-refractivity contribution in [2.75, 3.05) is 0 Å². The molecule has 0 atom stereocenters. The number of sulfonamides is 1. The van der Waals surface area contributed by atoms with Crippen LogP contribution in [0.3, 0.4) is 0 Å². The summed E-state index contributed by atoms with van der Waals surface area (Å²) in [4.78, 5) is 0.176. The molecule has 140 valence electrons. The summed E-state index contributed by atoms with van der Waals surface area (Å²) in [5.74, 6) is 0. The fraction of sp³-hybridized carbons (Fsp3) is 0.526. The Balaban J connectivity index is 3.51. The first-order valence-corrected chi connectivity index (χ1v) is 12.4. The van der Waals surface area contributed by atoms with E-state index in [-0.39, 0.29) is 21.5 Å². The predicted molar refractivity (Wildman–Crippen MR) is 105 cm³/mol. The van der Waals surface area contributed by atoms with Crippen molar-refractivity contribution < 1.29 is 12.8 Å². The van der Waals surface area contributed by atoms with E-state index in [4.69, 9.17) is 0 Å². The highest BCUT2D eigenvalue weighted by molar-refractivity contribution is 7.89. The minimum atomic E-state index is -3.78. The van der Waals surface area contributed by atoms with Crippen LogP contribution in [-0.4, -0.2) is 16.5 Å². The van der Waals surface area contributed by atoms with Crippen molar-refractivity contribution in [3.63, 3.8) is 0 Å². The lowest BCUT2D eigenvalue weighted by molar-refractivity contribution is 0.589. The Morgan fingerprint density at radius 3 is 1.84 bits per heavy atom.